The third kappa shape index (κ3) is 3.76. The van der Waals surface area contributed by atoms with E-state index >= 15 is 0 Å². The minimum atomic E-state index is -5.13. The lowest BCUT2D eigenvalue weighted by Gasteiger charge is -2.14. The second kappa shape index (κ2) is 4.98. The normalized spacial score (nSPS) is 12.2. The Hall–Kier alpha value is -1.93. The molecule has 0 aliphatic heterocycles. The standard InChI is InChI=1S/C10H7F6NO2/c1-19-7-4-5(17-8(18)10(14,15)16)2-3-6(7)9(11,12)13/h2-4H,1H3,(H,17,18). The van der Waals surface area contributed by atoms with Crippen LogP contribution in [0.4, 0.5) is 32.0 Å². The molecule has 3 nitrogen and oxygen atoms in total. The first-order valence-corrected chi connectivity index (χ1v) is 4.69. The summed E-state index contributed by atoms with van der Waals surface area (Å²) in [6, 6.07) is 1.88. The maximum absolute atomic E-state index is 12.5. The summed E-state index contributed by atoms with van der Waals surface area (Å²) >= 11 is 0. The van der Waals surface area contributed by atoms with Crippen LogP contribution in [0.1, 0.15) is 5.56 Å². The van der Waals surface area contributed by atoms with Crippen molar-refractivity contribution >= 4 is 11.6 Å². The van der Waals surface area contributed by atoms with Crippen LogP contribution in [0.15, 0.2) is 18.2 Å². The lowest BCUT2D eigenvalue weighted by molar-refractivity contribution is -0.167. The van der Waals surface area contributed by atoms with Gasteiger partial charge in [0, 0.05) is 11.8 Å². The van der Waals surface area contributed by atoms with E-state index in [9.17, 15) is 31.1 Å². The molecule has 1 amide bonds. The Morgan fingerprint density at radius 2 is 1.74 bits per heavy atom. The van der Waals surface area contributed by atoms with Gasteiger partial charge >= 0.3 is 18.3 Å². The van der Waals surface area contributed by atoms with Gasteiger partial charge in [-0.2, -0.15) is 26.3 Å². The number of hydrogen-bond acceptors (Lipinski definition) is 2. The van der Waals surface area contributed by atoms with E-state index < -0.39 is 35.3 Å². The van der Waals surface area contributed by atoms with Gasteiger partial charge in [0.2, 0.25) is 0 Å². The number of benzene rings is 1. The van der Waals surface area contributed by atoms with Crippen LogP contribution in [0.3, 0.4) is 0 Å². The number of carbonyl (C=O) groups is 1. The summed E-state index contributed by atoms with van der Waals surface area (Å²) < 4.78 is 77.7. The van der Waals surface area contributed by atoms with Crippen molar-refractivity contribution < 1.29 is 35.9 Å². The molecule has 1 aromatic carbocycles. The molecule has 0 heterocycles. The molecule has 0 saturated heterocycles. The zero-order valence-corrected chi connectivity index (χ0v) is 9.32. The zero-order valence-electron chi connectivity index (χ0n) is 9.32. The Kier molecular flexibility index (Phi) is 3.97. The van der Waals surface area contributed by atoms with Gasteiger partial charge in [-0.05, 0) is 12.1 Å². The molecule has 1 rings (SSSR count). The highest BCUT2D eigenvalue weighted by molar-refractivity contribution is 5.95. The topological polar surface area (TPSA) is 38.3 Å². The average Bonchev–Trinajstić information content (AvgIpc) is 2.26. The van der Waals surface area contributed by atoms with Crippen molar-refractivity contribution in [2.24, 2.45) is 0 Å². The molecule has 0 bridgehead atoms. The Labute approximate surface area is 103 Å². The van der Waals surface area contributed by atoms with Gasteiger partial charge in [0.1, 0.15) is 5.75 Å². The summed E-state index contributed by atoms with van der Waals surface area (Å²) in [6.07, 6.45) is -9.84. The molecule has 0 aromatic heterocycles. The molecule has 0 aliphatic carbocycles. The number of ether oxygens (including phenoxy) is 1. The fourth-order valence-electron chi connectivity index (χ4n) is 1.21. The Balaban J connectivity index is 3.05. The number of rotatable bonds is 2. The minimum absolute atomic E-state index is 0.452. The lowest BCUT2D eigenvalue weighted by atomic mass is 10.1. The van der Waals surface area contributed by atoms with E-state index in [0.717, 1.165) is 7.11 Å². The molecule has 0 aliphatic rings. The van der Waals surface area contributed by atoms with Gasteiger partial charge in [-0.25, -0.2) is 0 Å². The SMILES string of the molecule is COc1cc(NC(=O)C(F)(F)F)ccc1C(F)(F)F. The quantitative estimate of drug-likeness (QED) is 0.848. The maximum atomic E-state index is 12.5. The van der Waals surface area contributed by atoms with Gasteiger partial charge in [0.05, 0.1) is 12.7 Å². The number of amides is 1. The number of carbonyl (C=O) groups excluding carboxylic acids is 1. The molecular formula is C10H7F6NO2. The summed E-state index contributed by atoms with van der Waals surface area (Å²) in [5, 5.41) is 1.42. The molecule has 0 atom stereocenters. The molecule has 9 heteroatoms. The highest BCUT2D eigenvalue weighted by Crippen LogP contribution is 2.37. The fourth-order valence-corrected chi connectivity index (χ4v) is 1.21. The Morgan fingerprint density at radius 1 is 1.16 bits per heavy atom. The number of alkyl halides is 6. The summed E-state index contributed by atoms with van der Waals surface area (Å²) in [7, 11) is 0.930. The molecule has 0 spiro atoms. The maximum Gasteiger partial charge on any atom is 0.471 e. The predicted octanol–water partition coefficient (Wildman–Crippen LogP) is 3.21. The van der Waals surface area contributed by atoms with E-state index in [0.29, 0.717) is 18.2 Å². The van der Waals surface area contributed by atoms with Crippen molar-refractivity contribution in [3.63, 3.8) is 0 Å². The first-order chi connectivity index (χ1) is 8.55. The van der Waals surface area contributed by atoms with Gasteiger partial charge in [0.25, 0.3) is 0 Å². The molecule has 19 heavy (non-hydrogen) atoms. The Bertz CT molecular complexity index is 480. The lowest BCUT2D eigenvalue weighted by Crippen LogP contribution is -2.29. The first kappa shape index (κ1) is 15.1. The van der Waals surface area contributed by atoms with Crippen molar-refractivity contribution in [2.45, 2.75) is 12.4 Å². The van der Waals surface area contributed by atoms with Crippen LogP contribution in [0.25, 0.3) is 0 Å². The summed E-state index contributed by atoms with van der Waals surface area (Å²) in [5.74, 6) is -2.97. The highest BCUT2D eigenvalue weighted by atomic mass is 19.4. The average molecular weight is 287 g/mol. The molecule has 1 N–H and O–H groups in total. The Morgan fingerprint density at radius 3 is 2.16 bits per heavy atom. The van der Waals surface area contributed by atoms with E-state index in [1.54, 1.807) is 0 Å². The monoisotopic (exact) mass is 287 g/mol. The predicted molar refractivity (Wildman–Crippen MR) is 52.7 cm³/mol. The van der Waals surface area contributed by atoms with Gasteiger partial charge < -0.3 is 10.1 Å². The van der Waals surface area contributed by atoms with Crippen LogP contribution in [-0.4, -0.2) is 19.2 Å². The summed E-state index contributed by atoms with van der Waals surface area (Å²) in [5.41, 5.74) is -1.60. The molecule has 0 fully saturated rings. The van der Waals surface area contributed by atoms with Crippen molar-refractivity contribution in [1.29, 1.82) is 0 Å². The van der Waals surface area contributed by atoms with Crippen LogP contribution in [0, 0.1) is 0 Å². The van der Waals surface area contributed by atoms with Gasteiger partial charge in [-0.3, -0.25) is 4.79 Å². The zero-order chi connectivity index (χ0) is 14.8. The van der Waals surface area contributed by atoms with Crippen molar-refractivity contribution in [3.05, 3.63) is 23.8 Å². The largest absolute Gasteiger partial charge is 0.496 e. The number of methoxy groups -OCH3 is 1. The van der Waals surface area contributed by atoms with Gasteiger partial charge in [-0.1, -0.05) is 0 Å². The molecule has 0 unspecified atom stereocenters. The number of nitrogens with one attached hydrogen (secondary N) is 1. The first-order valence-electron chi connectivity index (χ1n) is 4.69. The molecular weight excluding hydrogens is 280 g/mol. The van der Waals surface area contributed by atoms with Gasteiger partial charge in [0.15, 0.2) is 0 Å². The van der Waals surface area contributed by atoms with Crippen LogP contribution in [0.5, 0.6) is 5.75 Å². The third-order valence-corrected chi connectivity index (χ3v) is 2.02. The van der Waals surface area contributed by atoms with Crippen molar-refractivity contribution in [2.75, 3.05) is 12.4 Å². The van der Waals surface area contributed by atoms with E-state index in [4.69, 9.17) is 0 Å². The smallest absolute Gasteiger partial charge is 0.471 e. The molecule has 0 radical (unpaired) electrons. The van der Waals surface area contributed by atoms with Crippen LogP contribution < -0.4 is 10.1 Å². The summed E-state index contributed by atoms with van der Waals surface area (Å²) in [6.45, 7) is 0. The van der Waals surface area contributed by atoms with E-state index in [1.807, 2.05) is 0 Å². The van der Waals surface area contributed by atoms with Crippen LogP contribution in [-0.2, 0) is 11.0 Å². The molecule has 106 valence electrons. The van der Waals surface area contributed by atoms with Crippen molar-refractivity contribution in [3.8, 4) is 5.75 Å². The second-order valence-electron chi connectivity index (χ2n) is 3.36. The van der Waals surface area contributed by atoms with Crippen molar-refractivity contribution in [1.82, 2.24) is 0 Å². The minimum Gasteiger partial charge on any atom is -0.496 e. The van der Waals surface area contributed by atoms with E-state index in [2.05, 4.69) is 4.74 Å². The van der Waals surface area contributed by atoms with E-state index in [1.165, 1.54) is 5.32 Å². The van der Waals surface area contributed by atoms with Crippen LogP contribution >= 0.6 is 0 Å². The molecule has 1 aromatic rings. The molecule has 0 saturated carbocycles. The summed E-state index contributed by atoms with van der Waals surface area (Å²) in [4.78, 5) is 10.6. The van der Waals surface area contributed by atoms with Crippen LogP contribution in [0.2, 0.25) is 0 Å². The van der Waals surface area contributed by atoms with E-state index in [-0.39, 0.29) is 0 Å². The fraction of sp³-hybridized carbons (Fsp3) is 0.300. The number of hydrogen-bond donors (Lipinski definition) is 1. The number of anilines is 1. The third-order valence-electron chi connectivity index (χ3n) is 2.02. The number of halogens is 6. The highest BCUT2D eigenvalue weighted by Gasteiger charge is 2.39. The second-order valence-corrected chi connectivity index (χ2v) is 3.36. The van der Waals surface area contributed by atoms with Gasteiger partial charge in [-0.15, -0.1) is 0 Å².